The smallest absolute Gasteiger partial charge is 0.275 e. The molecular formula is C16H17N3O2. The van der Waals surface area contributed by atoms with Crippen LogP contribution in [0.15, 0.2) is 30.7 Å². The lowest BCUT2D eigenvalue weighted by Gasteiger charge is -2.07. The van der Waals surface area contributed by atoms with Crippen LogP contribution in [0, 0.1) is 18.8 Å². The van der Waals surface area contributed by atoms with Gasteiger partial charge in [0.25, 0.3) is 5.91 Å². The average Bonchev–Trinajstić information content (AvgIpc) is 2.89. The number of aromatic nitrogens is 2. The van der Waals surface area contributed by atoms with Crippen LogP contribution in [-0.4, -0.2) is 27.2 Å². The van der Waals surface area contributed by atoms with Gasteiger partial charge in [-0.1, -0.05) is 17.9 Å². The second kappa shape index (κ2) is 6.73. The van der Waals surface area contributed by atoms with E-state index in [0.717, 1.165) is 11.1 Å². The average molecular weight is 283 g/mol. The number of hydrogen-bond acceptors (Lipinski definition) is 3. The molecule has 0 saturated heterocycles. The highest BCUT2D eigenvalue weighted by atomic mass is 16.2. The molecule has 1 aromatic carbocycles. The number of aryl methyl sites for hydroxylation is 2. The van der Waals surface area contributed by atoms with Gasteiger partial charge in [0.1, 0.15) is 5.69 Å². The van der Waals surface area contributed by atoms with E-state index in [-0.39, 0.29) is 12.5 Å². The molecule has 1 amide bonds. The maximum atomic E-state index is 12.1. The van der Waals surface area contributed by atoms with E-state index in [1.54, 1.807) is 17.1 Å². The Hall–Kier alpha value is -2.58. The van der Waals surface area contributed by atoms with Crippen molar-refractivity contribution in [2.24, 2.45) is 7.05 Å². The van der Waals surface area contributed by atoms with Crippen molar-refractivity contribution in [3.05, 3.63) is 47.5 Å². The van der Waals surface area contributed by atoms with Crippen molar-refractivity contribution >= 4 is 11.6 Å². The molecule has 0 bridgehead atoms. The Morgan fingerprint density at radius 1 is 1.48 bits per heavy atom. The first-order valence-corrected chi connectivity index (χ1v) is 6.60. The highest BCUT2D eigenvalue weighted by Gasteiger charge is 2.10. The molecule has 5 nitrogen and oxygen atoms in total. The topological polar surface area (TPSA) is 67.2 Å². The first kappa shape index (κ1) is 14.8. The van der Waals surface area contributed by atoms with Crippen LogP contribution in [-0.2, 0) is 7.05 Å². The normalized spacial score (nSPS) is 9.86. The molecule has 0 radical (unpaired) electrons. The number of amides is 1. The van der Waals surface area contributed by atoms with Gasteiger partial charge in [0, 0.05) is 30.9 Å². The fourth-order valence-electron chi connectivity index (χ4n) is 1.77. The number of aliphatic hydroxyl groups is 1. The van der Waals surface area contributed by atoms with Crippen LogP contribution >= 0.6 is 0 Å². The van der Waals surface area contributed by atoms with E-state index >= 15 is 0 Å². The SMILES string of the molecule is Cc1ccc(C#CCCO)cc1NC(=O)c1cn(C)cn1. The Morgan fingerprint density at radius 2 is 2.29 bits per heavy atom. The highest BCUT2D eigenvalue weighted by Crippen LogP contribution is 2.17. The molecule has 0 atom stereocenters. The van der Waals surface area contributed by atoms with E-state index < -0.39 is 0 Å². The number of rotatable bonds is 3. The van der Waals surface area contributed by atoms with E-state index in [2.05, 4.69) is 22.1 Å². The fourth-order valence-corrected chi connectivity index (χ4v) is 1.77. The molecule has 0 aliphatic rings. The van der Waals surface area contributed by atoms with Gasteiger partial charge in [-0.25, -0.2) is 4.98 Å². The number of carbonyl (C=O) groups is 1. The number of imidazole rings is 1. The van der Waals surface area contributed by atoms with Crippen LogP contribution in [0.2, 0.25) is 0 Å². The van der Waals surface area contributed by atoms with Gasteiger partial charge in [-0.05, 0) is 24.6 Å². The van der Waals surface area contributed by atoms with Crippen LogP contribution in [0.5, 0.6) is 0 Å². The summed E-state index contributed by atoms with van der Waals surface area (Å²) in [4.78, 5) is 16.1. The summed E-state index contributed by atoms with van der Waals surface area (Å²) in [6.45, 7) is 1.96. The third-order valence-electron chi connectivity index (χ3n) is 2.89. The molecule has 5 heteroatoms. The van der Waals surface area contributed by atoms with Crippen molar-refractivity contribution in [2.75, 3.05) is 11.9 Å². The molecule has 0 saturated carbocycles. The Bertz CT molecular complexity index is 708. The molecule has 0 aliphatic carbocycles. The van der Waals surface area contributed by atoms with Gasteiger partial charge in [0.15, 0.2) is 0 Å². The largest absolute Gasteiger partial charge is 0.395 e. The van der Waals surface area contributed by atoms with Crippen LogP contribution < -0.4 is 5.32 Å². The van der Waals surface area contributed by atoms with Crippen molar-refractivity contribution in [1.29, 1.82) is 0 Å². The lowest BCUT2D eigenvalue weighted by atomic mass is 10.1. The van der Waals surface area contributed by atoms with E-state index in [4.69, 9.17) is 5.11 Å². The summed E-state index contributed by atoms with van der Waals surface area (Å²) in [5.41, 5.74) is 2.83. The molecule has 0 fully saturated rings. The second-order valence-corrected chi connectivity index (χ2v) is 4.68. The number of nitrogens with zero attached hydrogens (tertiary/aromatic N) is 2. The van der Waals surface area contributed by atoms with Gasteiger partial charge in [-0.2, -0.15) is 0 Å². The van der Waals surface area contributed by atoms with E-state index in [1.807, 2.05) is 32.2 Å². The zero-order valence-electron chi connectivity index (χ0n) is 12.1. The van der Waals surface area contributed by atoms with Crippen LogP contribution in [0.3, 0.4) is 0 Å². The quantitative estimate of drug-likeness (QED) is 0.843. The van der Waals surface area contributed by atoms with Gasteiger partial charge >= 0.3 is 0 Å². The third-order valence-corrected chi connectivity index (χ3v) is 2.89. The van der Waals surface area contributed by atoms with Gasteiger partial charge < -0.3 is 15.0 Å². The van der Waals surface area contributed by atoms with E-state index in [9.17, 15) is 4.79 Å². The zero-order chi connectivity index (χ0) is 15.2. The van der Waals surface area contributed by atoms with Gasteiger partial charge in [-0.3, -0.25) is 4.79 Å². The molecular weight excluding hydrogens is 266 g/mol. The number of hydrogen-bond donors (Lipinski definition) is 2. The number of anilines is 1. The van der Waals surface area contributed by atoms with E-state index in [1.165, 1.54) is 0 Å². The fraction of sp³-hybridized carbons (Fsp3) is 0.250. The molecule has 2 N–H and O–H groups in total. The Kier molecular flexibility index (Phi) is 4.75. The summed E-state index contributed by atoms with van der Waals surface area (Å²) >= 11 is 0. The van der Waals surface area contributed by atoms with Crippen molar-refractivity contribution in [2.45, 2.75) is 13.3 Å². The summed E-state index contributed by atoms with van der Waals surface area (Å²) in [6, 6.07) is 5.60. The summed E-state index contributed by atoms with van der Waals surface area (Å²) in [6.07, 6.45) is 3.68. The molecule has 1 aromatic heterocycles. The molecule has 1 heterocycles. The minimum atomic E-state index is -0.251. The summed E-state index contributed by atoms with van der Waals surface area (Å²) in [5.74, 6) is 5.56. The number of aliphatic hydroxyl groups excluding tert-OH is 1. The second-order valence-electron chi connectivity index (χ2n) is 4.68. The summed E-state index contributed by atoms with van der Waals surface area (Å²) in [7, 11) is 1.81. The molecule has 2 rings (SSSR count). The molecule has 0 spiro atoms. The first-order chi connectivity index (χ1) is 10.1. The van der Waals surface area contributed by atoms with E-state index in [0.29, 0.717) is 17.8 Å². The summed E-state index contributed by atoms with van der Waals surface area (Å²) < 4.78 is 1.72. The van der Waals surface area contributed by atoms with Crippen LogP contribution in [0.25, 0.3) is 0 Å². The Morgan fingerprint density at radius 3 is 2.95 bits per heavy atom. The molecule has 0 unspecified atom stereocenters. The number of carbonyl (C=O) groups excluding carboxylic acids is 1. The molecule has 0 aliphatic heterocycles. The molecule has 108 valence electrons. The monoisotopic (exact) mass is 283 g/mol. The zero-order valence-corrected chi connectivity index (χ0v) is 12.1. The Labute approximate surface area is 123 Å². The predicted octanol–water partition coefficient (Wildman–Crippen LogP) is 1.71. The summed E-state index contributed by atoms with van der Waals surface area (Å²) in [5, 5.41) is 11.6. The lowest BCUT2D eigenvalue weighted by molar-refractivity contribution is 0.102. The maximum Gasteiger partial charge on any atom is 0.275 e. The minimum absolute atomic E-state index is 0.0438. The van der Waals surface area contributed by atoms with Crippen molar-refractivity contribution in [1.82, 2.24) is 9.55 Å². The first-order valence-electron chi connectivity index (χ1n) is 6.60. The van der Waals surface area contributed by atoms with Crippen LogP contribution in [0.1, 0.15) is 28.0 Å². The molecule has 2 aromatic rings. The Balaban J connectivity index is 2.17. The highest BCUT2D eigenvalue weighted by molar-refractivity contribution is 6.03. The van der Waals surface area contributed by atoms with Crippen molar-refractivity contribution in [3.63, 3.8) is 0 Å². The van der Waals surface area contributed by atoms with Gasteiger partial charge in [0.05, 0.1) is 12.9 Å². The van der Waals surface area contributed by atoms with Gasteiger partial charge in [0.2, 0.25) is 0 Å². The maximum absolute atomic E-state index is 12.1. The van der Waals surface area contributed by atoms with Crippen molar-refractivity contribution < 1.29 is 9.90 Å². The number of benzene rings is 1. The third kappa shape index (κ3) is 3.94. The standard InChI is InChI=1S/C16H17N3O2/c1-12-6-7-13(5-3-4-8-20)9-14(12)18-16(21)15-10-19(2)11-17-15/h6-7,9-11,20H,4,8H2,1-2H3,(H,18,21). The minimum Gasteiger partial charge on any atom is -0.395 e. The predicted molar refractivity (Wildman–Crippen MR) is 80.9 cm³/mol. The van der Waals surface area contributed by atoms with Crippen molar-refractivity contribution in [3.8, 4) is 11.8 Å². The van der Waals surface area contributed by atoms with Gasteiger partial charge in [-0.15, -0.1) is 0 Å². The van der Waals surface area contributed by atoms with Crippen LogP contribution in [0.4, 0.5) is 5.69 Å². The molecule has 21 heavy (non-hydrogen) atoms. The number of nitrogens with one attached hydrogen (secondary N) is 1. The lowest BCUT2D eigenvalue weighted by Crippen LogP contribution is -2.13.